The van der Waals surface area contributed by atoms with Gasteiger partial charge in [0.25, 0.3) is 5.91 Å². The molecule has 0 bridgehead atoms. The van der Waals surface area contributed by atoms with Crippen LogP contribution in [0.2, 0.25) is 0 Å². The zero-order valence-corrected chi connectivity index (χ0v) is 11.0. The summed E-state index contributed by atoms with van der Waals surface area (Å²) in [5.41, 5.74) is -0.709. The molecule has 3 N–H and O–H groups in total. The number of aliphatic hydroxyl groups is 1. The summed E-state index contributed by atoms with van der Waals surface area (Å²) in [7, 11) is 0. The van der Waals surface area contributed by atoms with Gasteiger partial charge in [-0.25, -0.2) is 14.3 Å². The Labute approximate surface area is 114 Å². The van der Waals surface area contributed by atoms with Crippen molar-refractivity contribution < 1.29 is 19.8 Å². The van der Waals surface area contributed by atoms with E-state index in [0.717, 1.165) is 12.6 Å². The zero-order chi connectivity index (χ0) is 14.9. The average Bonchev–Trinajstić information content (AvgIpc) is 2.78. The van der Waals surface area contributed by atoms with Crippen LogP contribution in [0.15, 0.2) is 18.5 Å². The molecule has 2 aromatic rings. The van der Waals surface area contributed by atoms with Crippen molar-refractivity contribution in [3.05, 3.63) is 29.7 Å². The number of carbonyl (C=O) groups is 2. The van der Waals surface area contributed by atoms with Crippen LogP contribution in [0, 0.1) is 6.92 Å². The minimum absolute atomic E-state index is 0.217. The lowest BCUT2D eigenvalue weighted by atomic mass is 10.1. The van der Waals surface area contributed by atoms with E-state index in [1.54, 1.807) is 19.2 Å². The van der Waals surface area contributed by atoms with E-state index >= 15 is 0 Å². The fraction of sp³-hybridized carbons (Fsp3) is 0.333. The van der Waals surface area contributed by atoms with Crippen molar-refractivity contribution in [2.75, 3.05) is 6.54 Å². The molecule has 8 heteroatoms. The Kier molecular flexibility index (Phi) is 3.41. The lowest BCUT2D eigenvalue weighted by Gasteiger charge is -2.17. The van der Waals surface area contributed by atoms with Crippen LogP contribution < -0.4 is 5.32 Å². The van der Waals surface area contributed by atoms with E-state index in [0.29, 0.717) is 5.65 Å². The molecule has 2 heterocycles. The Bertz CT molecular complexity index is 677. The van der Waals surface area contributed by atoms with Gasteiger partial charge in [-0.05, 0) is 19.9 Å². The number of aryl methyl sites for hydroxylation is 1. The highest BCUT2D eigenvalue weighted by molar-refractivity contribution is 5.99. The second kappa shape index (κ2) is 4.89. The van der Waals surface area contributed by atoms with Crippen LogP contribution in [-0.2, 0) is 4.79 Å². The van der Waals surface area contributed by atoms with Crippen molar-refractivity contribution in [2.24, 2.45) is 0 Å². The van der Waals surface area contributed by atoms with E-state index in [4.69, 9.17) is 5.11 Å². The minimum atomic E-state index is -2.03. The van der Waals surface area contributed by atoms with Gasteiger partial charge >= 0.3 is 5.97 Å². The zero-order valence-electron chi connectivity index (χ0n) is 11.0. The third kappa shape index (κ3) is 2.59. The highest BCUT2D eigenvalue weighted by Gasteiger charge is 2.30. The lowest BCUT2D eigenvalue weighted by Crippen LogP contribution is -2.46. The van der Waals surface area contributed by atoms with Crippen LogP contribution in [-0.4, -0.2) is 48.8 Å². The number of aliphatic carboxylic acids is 1. The lowest BCUT2D eigenvalue weighted by molar-refractivity contribution is -0.155. The van der Waals surface area contributed by atoms with Gasteiger partial charge in [0.05, 0.1) is 12.7 Å². The number of carboxylic acids is 1. The van der Waals surface area contributed by atoms with Crippen LogP contribution in [0.25, 0.3) is 5.65 Å². The molecule has 1 atom stereocenters. The predicted molar refractivity (Wildman–Crippen MR) is 68.3 cm³/mol. The third-order valence-electron chi connectivity index (χ3n) is 2.81. The van der Waals surface area contributed by atoms with Crippen molar-refractivity contribution in [1.82, 2.24) is 19.9 Å². The second-order valence-electron chi connectivity index (χ2n) is 4.66. The molecular formula is C12H14N4O4. The first-order chi connectivity index (χ1) is 9.31. The van der Waals surface area contributed by atoms with Gasteiger partial charge in [-0.3, -0.25) is 4.79 Å². The number of hydrogen-bond donors (Lipinski definition) is 3. The number of nitrogens with zero attached hydrogens (tertiary/aromatic N) is 3. The fourth-order valence-corrected chi connectivity index (χ4v) is 1.54. The van der Waals surface area contributed by atoms with Gasteiger partial charge in [-0.1, -0.05) is 0 Å². The van der Waals surface area contributed by atoms with Gasteiger partial charge in [0.1, 0.15) is 5.56 Å². The molecule has 0 aliphatic rings. The highest BCUT2D eigenvalue weighted by Crippen LogP contribution is 2.09. The summed E-state index contributed by atoms with van der Waals surface area (Å²) >= 11 is 0. The summed E-state index contributed by atoms with van der Waals surface area (Å²) < 4.78 is 1.44. The van der Waals surface area contributed by atoms with E-state index in [9.17, 15) is 14.7 Å². The quantitative estimate of drug-likeness (QED) is 0.700. The molecule has 8 nitrogen and oxygen atoms in total. The summed E-state index contributed by atoms with van der Waals surface area (Å²) in [6.07, 6.45) is 3.01. The van der Waals surface area contributed by atoms with Gasteiger partial charge < -0.3 is 15.5 Å². The Balaban J connectivity index is 2.20. The highest BCUT2D eigenvalue weighted by atomic mass is 16.4. The molecule has 1 amide bonds. The molecule has 106 valence electrons. The van der Waals surface area contributed by atoms with Crippen LogP contribution in [0.4, 0.5) is 0 Å². The molecule has 0 aliphatic heterocycles. The van der Waals surface area contributed by atoms with Crippen molar-refractivity contribution in [2.45, 2.75) is 19.4 Å². The van der Waals surface area contributed by atoms with E-state index in [1.807, 2.05) is 0 Å². The summed E-state index contributed by atoms with van der Waals surface area (Å²) in [5, 5.41) is 24.6. The molecule has 0 radical (unpaired) electrons. The van der Waals surface area contributed by atoms with Gasteiger partial charge in [0, 0.05) is 11.9 Å². The molecule has 0 saturated heterocycles. The van der Waals surface area contributed by atoms with Crippen molar-refractivity contribution in [3.8, 4) is 0 Å². The molecule has 0 aliphatic carbocycles. The van der Waals surface area contributed by atoms with E-state index in [2.05, 4.69) is 15.4 Å². The van der Waals surface area contributed by atoms with Crippen molar-refractivity contribution >= 4 is 17.5 Å². The molecule has 0 saturated carbocycles. The Morgan fingerprint density at radius 3 is 2.85 bits per heavy atom. The molecular weight excluding hydrogens is 264 g/mol. The molecule has 0 spiro atoms. The number of nitrogens with one attached hydrogen (secondary N) is 1. The second-order valence-corrected chi connectivity index (χ2v) is 4.66. The third-order valence-corrected chi connectivity index (χ3v) is 2.81. The largest absolute Gasteiger partial charge is 0.479 e. The Hall–Kier alpha value is -2.48. The predicted octanol–water partition coefficient (Wildman–Crippen LogP) is -0.397. The first kappa shape index (κ1) is 13.9. The van der Waals surface area contributed by atoms with E-state index in [-0.39, 0.29) is 5.56 Å². The minimum Gasteiger partial charge on any atom is -0.479 e. The molecule has 2 rings (SSSR count). The SMILES string of the molecule is Cc1ccn2ncc(C(=O)NCC(C)(O)C(=O)O)c2n1. The number of aromatic nitrogens is 3. The van der Waals surface area contributed by atoms with Crippen LogP contribution in [0.3, 0.4) is 0 Å². The van der Waals surface area contributed by atoms with Gasteiger partial charge in [0.2, 0.25) is 0 Å². The van der Waals surface area contributed by atoms with Gasteiger partial charge in [0.15, 0.2) is 11.2 Å². The molecule has 2 aromatic heterocycles. The van der Waals surface area contributed by atoms with Crippen molar-refractivity contribution in [1.29, 1.82) is 0 Å². The normalized spacial score (nSPS) is 13.9. The number of rotatable bonds is 4. The standard InChI is InChI=1S/C12H14N4O4/c1-7-3-4-16-9(15-7)8(5-14-16)10(17)13-6-12(2,20)11(18)19/h3-5,20H,6H2,1-2H3,(H,13,17)(H,18,19). The topological polar surface area (TPSA) is 117 Å². The van der Waals surface area contributed by atoms with Crippen LogP contribution >= 0.6 is 0 Å². The number of carbonyl (C=O) groups excluding carboxylic acids is 1. The number of hydrogen-bond acceptors (Lipinski definition) is 5. The maximum Gasteiger partial charge on any atom is 0.337 e. The number of carboxylic acid groups (broad SMARTS) is 1. The van der Waals surface area contributed by atoms with E-state index in [1.165, 1.54) is 10.7 Å². The van der Waals surface area contributed by atoms with E-state index < -0.39 is 24.0 Å². The maximum absolute atomic E-state index is 12.0. The van der Waals surface area contributed by atoms with Crippen LogP contribution in [0.1, 0.15) is 23.0 Å². The molecule has 0 fully saturated rings. The number of amides is 1. The molecule has 1 unspecified atom stereocenters. The first-order valence-corrected chi connectivity index (χ1v) is 5.86. The first-order valence-electron chi connectivity index (χ1n) is 5.86. The molecule has 20 heavy (non-hydrogen) atoms. The molecule has 0 aromatic carbocycles. The summed E-state index contributed by atoms with van der Waals surface area (Å²) in [4.78, 5) is 26.9. The fourth-order valence-electron chi connectivity index (χ4n) is 1.54. The number of fused-ring (bicyclic) bond motifs is 1. The smallest absolute Gasteiger partial charge is 0.337 e. The summed E-state index contributed by atoms with van der Waals surface area (Å²) in [6.45, 7) is 2.47. The summed E-state index contributed by atoms with van der Waals surface area (Å²) in [6, 6.07) is 1.75. The van der Waals surface area contributed by atoms with Crippen LogP contribution in [0.5, 0.6) is 0 Å². The summed E-state index contributed by atoms with van der Waals surface area (Å²) in [5.74, 6) is -1.95. The Morgan fingerprint density at radius 1 is 1.50 bits per heavy atom. The Morgan fingerprint density at radius 2 is 2.20 bits per heavy atom. The van der Waals surface area contributed by atoms with Gasteiger partial charge in [-0.15, -0.1) is 0 Å². The van der Waals surface area contributed by atoms with Crippen molar-refractivity contribution in [3.63, 3.8) is 0 Å². The van der Waals surface area contributed by atoms with Gasteiger partial charge in [-0.2, -0.15) is 5.10 Å². The monoisotopic (exact) mass is 278 g/mol. The average molecular weight is 278 g/mol. The maximum atomic E-state index is 12.0.